The van der Waals surface area contributed by atoms with Crippen molar-refractivity contribution in [1.82, 2.24) is 9.97 Å². The molecule has 1 aliphatic heterocycles. The van der Waals surface area contributed by atoms with E-state index in [0.717, 1.165) is 18.1 Å². The van der Waals surface area contributed by atoms with Crippen LogP contribution in [-0.4, -0.2) is 22.6 Å². The average molecular weight is 311 g/mol. The summed E-state index contributed by atoms with van der Waals surface area (Å²) in [6, 6.07) is 6.66. The van der Waals surface area contributed by atoms with Crippen LogP contribution in [-0.2, 0) is 0 Å². The molecule has 122 valence electrons. The summed E-state index contributed by atoms with van der Waals surface area (Å²) in [6.45, 7) is 7.44. The molecule has 0 bridgehead atoms. The number of anilines is 4. The van der Waals surface area contributed by atoms with Gasteiger partial charge >= 0.3 is 0 Å². The third kappa shape index (κ3) is 3.09. The number of hydrogen-bond donors (Lipinski definition) is 2. The Labute approximate surface area is 137 Å². The largest absolute Gasteiger partial charge is 0.393 e. The highest BCUT2D eigenvalue weighted by Gasteiger charge is 2.23. The monoisotopic (exact) mass is 311 g/mol. The van der Waals surface area contributed by atoms with Gasteiger partial charge in [0.1, 0.15) is 12.0 Å². The molecule has 1 aromatic heterocycles. The Morgan fingerprint density at radius 1 is 1.22 bits per heavy atom. The van der Waals surface area contributed by atoms with Crippen molar-refractivity contribution in [2.24, 2.45) is 0 Å². The Morgan fingerprint density at radius 3 is 2.83 bits per heavy atom. The lowest BCUT2D eigenvalue weighted by Gasteiger charge is -2.35. The van der Waals surface area contributed by atoms with Crippen LogP contribution in [0.4, 0.5) is 23.0 Å². The zero-order valence-electron chi connectivity index (χ0n) is 14.1. The van der Waals surface area contributed by atoms with Crippen molar-refractivity contribution < 1.29 is 0 Å². The van der Waals surface area contributed by atoms with E-state index < -0.39 is 0 Å². The maximum Gasteiger partial charge on any atom is 0.159 e. The van der Waals surface area contributed by atoms with Crippen LogP contribution in [0.5, 0.6) is 0 Å². The molecule has 23 heavy (non-hydrogen) atoms. The maximum atomic E-state index is 6.38. The molecule has 1 unspecified atom stereocenters. The topological polar surface area (TPSA) is 67.1 Å². The van der Waals surface area contributed by atoms with Gasteiger partial charge in [-0.05, 0) is 57.2 Å². The van der Waals surface area contributed by atoms with E-state index in [4.69, 9.17) is 5.73 Å². The molecule has 3 rings (SSSR count). The molecule has 3 N–H and O–H groups in total. The normalized spacial score (nSPS) is 18.0. The highest BCUT2D eigenvalue weighted by atomic mass is 15.2. The van der Waals surface area contributed by atoms with Crippen molar-refractivity contribution >= 4 is 23.0 Å². The molecule has 0 radical (unpaired) electrons. The van der Waals surface area contributed by atoms with E-state index in [2.05, 4.69) is 47.0 Å². The van der Waals surface area contributed by atoms with E-state index in [9.17, 15) is 0 Å². The fourth-order valence-electron chi connectivity index (χ4n) is 3.14. The van der Waals surface area contributed by atoms with Gasteiger partial charge in [-0.3, -0.25) is 0 Å². The third-order valence-corrected chi connectivity index (χ3v) is 4.80. The molecule has 5 heteroatoms. The first-order chi connectivity index (χ1) is 11.1. The fraction of sp³-hybridized carbons (Fsp3) is 0.444. The minimum Gasteiger partial charge on any atom is -0.393 e. The van der Waals surface area contributed by atoms with Crippen LogP contribution in [0, 0.1) is 13.8 Å². The lowest BCUT2D eigenvalue weighted by molar-refractivity contribution is 0.481. The van der Waals surface area contributed by atoms with Crippen molar-refractivity contribution in [1.29, 1.82) is 0 Å². The number of rotatable bonds is 3. The predicted molar refractivity (Wildman–Crippen MR) is 96.3 cm³/mol. The summed E-state index contributed by atoms with van der Waals surface area (Å²) in [5.74, 6) is 1.53. The molecule has 1 aromatic carbocycles. The molecule has 0 spiro atoms. The summed E-state index contributed by atoms with van der Waals surface area (Å²) in [4.78, 5) is 11.1. The molecular weight excluding hydrogens is 286 g/mol. The Morgan fingerprint density at radius 2 is 2.04 bits per heavy atom. The van der Waals surface area contributed by atoms with Crippen LogP contribution in [0.1, 0.15) is 37.3 Å². The SMILES string of the molecule is Cc1cccc(Nc2ncnc(N3CCCCC3C)c2N)c1C. The van der Waals surface area contributed by atoms with Gasteiger partial charge in [0.25, 0.3) is 0 Å². The van der Waals surface area contributed by atoms with E-state index in [1.807, 2.05) is 12.1 Å². The fourth-order valence-corrected chi connectivity index (χ4v) is 3.14. The standard InChI is InChI=1S/C18H25N5/c1-12-7-6-9-15(14(12)3)22-17-16(19)18(21-11-20-17)23-10-5-4-8-13(23)2/h6-7,9,11,13H,4-5,8,10,19H2,1-3H3,(H,20,21,22). The average Bonchev–Trinajstić information content (AvgIpc) is 2.54. The van der Waals surface area contributed by atoms with Gasteiger partial charge in [-0.1, -0.05) is 12.1 Å². The molecule has 5 nitrogen and oxygen atoms in total. The maximum absolute atomic E-state index is 6.38. The van der Waals surface area contributed by atoms with Crippen molar-refractivity contribution in [2.45, 2.75) is 46.1 Å². The highest BCUT2D eigenvalue weighted by molar-refractivity contribution is 5.79. The molecular formula is C18H25N5. The number of nitrogen functional groups attached to an aromatic ring is 1. The minimum atomic E-state index is 0.467. The second-order valence-corrected chi connectivity index (χ2v) is 6.37. The second kappa shape index (κ2) is 6.44. The van der Waals surface area contributed by atoms with Crippen molar-refractivity contribution in [2.75, 3.05) is 22.5 Å². The smallest absolute Gasteiger partial charge is 0.159 e. The number of piperidine rings is 1. The Hall–Kier alpha value is -2.30. The quantitative estimate of drug-likeness (QED) is 0.902. The molecule has 0 aliphatic carbocycles. The van der Waals surface area contributed by atoms with Crippen LogP contribution in [0.15, 0.2) is 24.5 Å². The molecule has 0 saturated carbocycles. The van der Waals surface area contributed by atoms with Crippen LogP contribution in [0.3, 0.4) is 0 Å². The molecule has 2 aromatic rings. The highest BCUT2D eigenvalue weighted by Crippen LogP contribution is 2.33. The van der Waals surface area contributed by atoms with Crippen LogP contribution < -0.4 is 16.0 Å². The zero-order valence-corrected chi connectivity index (χ0v) is 14.1. The molecule has 1 aliphatic rings. The number of hydrogen-bond acceptors (Lipinski definition) is 5. The number of aryl methyl sites for hydroxylation is 1. The van der Waals surface area contributed by atoms with Crippen molar-refractivity contribution in [3.05, 3.63) is 35.7 Å². The van der Waals surface area contributed by atoms with Gasteiger partial charge in [0, 0.05) is 18.3 Å². The predicted octanol–water partition coefficient (Wildman–Crippen LogP) is 3.80. The molecule has 1 atom stereocenters. The van der Waals surface area contributed by atoms with E-state index >= 15 is 0 Å². The van der Waals surface area contributed by atoms with E-state index in [-0.39, 0.29) is 0 Å². The second-order valence-electron chi connectivity index (χ2n) is 6.37. The van der Waals surface area contributed by atoms with Crippen LogP contribution in [0.25, 0.3) is 0 Å². The van der Waals surface area contributed by atoms with Gasteiger partial charge in [-0.2, -0.15) is 0 Å². The van der Waals surface area contributed by atoms with Crippen LogP contribution in [0.2, 0.25) is 0 Å². The lowest BCUT2D eigenvalue weighted by atomic mass is 10.0. The summed E-state index contributed by atoms with van der Waals surface area (Å²) >= 11 is 0. The first kappa shape index (κ1) is 15.6. The Balaban J connectivity index is 1.92. The first-order valence-electron chi connectivity index (χ1n) is 8.28. The van der Waals surface area contributed by atoms with E-state index in [0.29, 0.717) is 17.5 Å². The van der Waals surface area contributed by atoms with Gasteiger partial charge < -0.3 is 16.0 Å². The number of nitrogens with zero attached hydrogens (tertiary/aromatic N) is 3. The summed E-state index contributed by atoms with van der Waals surface area (Å²) in [5, 5.41) is 3.37. The van der Waals surface area contributed by atoms with Crippen molar-refractivity contribution in [3.63, 3.8) is 0 Å². The summed E-state index contributed by atoms with van der Waals surface area (Å²) in [6.07, 6.45) is 5.24. The number of nitrogens with one attached hydrogen (secondary N) is 1. The molecule has 1 fully saturated rings. The molecule has 2 heterocycles. The first-order valence-corrected chi connectivity index (χ1v) is 8.28. The molecule has 0 amide bonds. The summed E-state index contributed by atoms with van der Waals surface area (Å²) in [5.41, 5.74) is 10.5. The minimum absolute atomic E-state index is 0.467. The number of aromatic nitrogens is 2. The number of nitrogens with two attached hydrogens (primary N) is 1. The Kier molecular flexibility index (Phi) is 4.37. The van der Waals surface area contributed by atoms with Crippen molar-refractivity contribution in [3.8, 4) is 0 Å². The lowest BCUT2D eigenvalue weighted by Crippen LogP contribution is -2.38. The van der Waals surface area contributed by atoms with Gasteiger partial charge in [0.15, 0.2) is 11.6 Å². The van der Waals surface area contributed by atoms with Crippen LogP contribution >= 0.6 is 0 Å². The van der Waals surface area contributed by atoms with Gasteiger partial charge in [-0.25, -0.2) is 9.97 Å². The number of benzene rings is 1. The zero-order chi connectivity index (χ0) is 16.4. The van der Waals surface area contributed by atoms with Gasteiger partial charge in [-0.15, -0.1) is 0 Å². The molecule has 1 saturated heterocycles. The Bertz CT molecular complexity index is 698. The van der Waals surface area contributed by atoms with E-state index in [1.54, 1.807) is 6.33 Å². The van der Waals surface area contributed by atoms with E-state index in [1.165, 1.54) is 30.4 Å². The third-order valence-electron chi connectivity index (χ3n) is 4.80. The van der Waals surface area contributed by atoms with Gasteiger partial charge in [0.05, 0.1) is 0 Å². The van der Waals surface area contributed by atoms with Gasteiger partial charge in [0.2, 0.25) is 0 Å². The summed E-state index contributed by atoms with van der Waals surface area (Å²) in [7, 11) is 0. The summed E-state index contributed by atoms with van der Waals surface area (Å²) < 4.78 is 0.